The molecule has 1 N–H and O–H groups in total. The number of aryl methyl sites for hydroxylation is 1. The number of benzene rings is 1. The summed E-state index contributed by atoms with van der Waals surface area (Å²) in [6, 6.07) is 6.12. The van der Waals surface area contributed by atoms with Crippen LogP contribution in [0, 0.1) is 12.8 Å². The molecule has 5 heteroatoms. The summed E-state index contributed by atoms with van der Waals surface area (Å²) < 4.78 is 6.20. The largest absolute Gasteiger partial charge is 0.478 e. The molecule has 0 saturated carbocycles. The van der Waals surface area contributed by atoms with Crippen LogP contribution in [-0.2, 0) is 9.59 Å². The van der Waals surface area contributed by atoms with Gasteiger partial charge in [-0.05, 0) is 57.2 Å². The van der Waals surface area contributed by atoms with Gasteiger partial charge < -0.3 is 15.0 Å². The van der Waals surface area contributed by atoms with E-state index >= 15 is 0 Å². The number of rotatable bonds is 6. The molecule has 1 atom stereocenters. The standard InChI is InChI=1S/C21H32N2O3/c1-7-22-19(24)16-10-11-23(13-16)20(25)21(5,6)26-18-12-15(4)8-9-17(18)14(2)3/h8-9,12,14,16H,7,10-11,13H2,1-6H3,(H,22,24). The highest BCUT2D eigenvalue weighted by Gasteiger charge is 2.39. The summed E-state index contributed by atoms with van der Waals surface area (Å²) in [5.41, 5.74) is 1.22. The molecule has 0 spiro atoms. The van der Waals surface area contributed by atoms with Gasteiger partial charge in [0.25, 0.3) is 5.91 Å². The first-order valence-corrected chi connectivity index (χ1v) is 9.52. The molecule has 5 nitrogen and oxygen atoms in total. The molecule has 1 aromatic carbocycles. The van der Waals surface area contributed by atoms with Crippen LogP contribution in [0.15, 0.2) is 18.2 Å². The number of amides is 2. The maximum atomic E-state index is 13.0. The van der Waals surface area contributed by atoms with Gasteiger partial charge >= 0.3 is 0 Å². The van der Waals surface area contributed by atoms with Gasteiger partial charge in [0.15, 0.2) is 5.60 Å². The van der Waals surface area contributed by atoms with E-state index in [1.807, 2.05) is 19.9 Å². The second-order valence-electron chi connectivity index (χ2n) is 7.94. The molecule has 1 aromatic rings. The normalized spacial score (nSPS) is 17.5. The van der Waals surface area contributed by atoms with Crippen molar-refractivity contribution in [2.24, 2.45) is 5.92 Å². The predicted molar refractivity (Wildman–Crippen MR) is 103 cm³/mol. The van der Waals surface area contributed by atoms with Crippen LogP contribution in [-0.4, -0.2) is 41.9 Å². The van der Waals surface area contributed by atoms with Crippen molar-refractivity contribution >= 4 is 11.8 Å². The summed E-state index contributed by atoms with van der Waals surface area (Å²) in [7, 11) is 0. The molecular formula is C21H32N2O3. The summed E-state index contributed by atoms with van der Waals surface area (Å²) in [5, 5.41) is 2.84. The molecule has 1 heterocycles. The Morgan fingerprint density at radius 3 is 2.65 bits per heavy atom. The van der Waals surface area contributed by atoms with Crippen LogP contribution in [0.2, 0.25) is 0 Å². The Balaban J connectivity index is 2.12. The van der Waals surface area contributed by atoms with E-state index in [1.165, 1.54) is 0 Å². The maximum absolute atomic E-state index is 13.0. The molecule has 1 aliphatic heterocycles. The molecule has 144 valence electrons. The minimum Gasteiger partial charge on any atom is -0.478 e. The molecule has 1 saturated heterocycles. The van der Waals surface area contributed by atoms with Crippen molar-refractivity contribution < 1.29 is 14.3 Å². The maximum Gasteiger partial charge on any atom is 0.266 e. The van der Waals surface area contributed by atoms with Crippen molar-refractivity contribution in [1.29, 1.82) is 0 Å². The van der Waals surface area contributed by atoms with Crippen LogP contribution < -0.4 is 10.1 Å². The summed E-state index contributed by atoms with van der Waals surface area (Å²) in [6.07, 6.45) is 0.704. The SMILES string of the molecule is CCNC(=O)C1CCN(C(=O)C(C)(C)Oc2cc(C)ccc2C(C)C)C1. The van der Waals surface area contributed by atoms with E-state index in [9.17, 15) is 9.59 Å². The molecule has 1 aliphatic rings. The number of likely N-dealkylation sites (tertiary alicyclic amines) is 1. The predicted octanol–water partition coefficient (Wildman–Crippen LogP) is 3.26. The lowest BCUT2D eigenvalue weighted by atomic mass is 9.99. The molecule has 26 heavy (non-hydrogen) atoms. The van der Waals surface area contributed by atoms with E-state index in [0.717, 1.165) is 16.9 Å². The van der Waals surface area contributed by atoms with Crippen LogP contribution in [0.5, 0.6) is 5.75 Å². The van der Waals surface area contributed by atoms with Gasteiger partial charge in [0.2, 0.25) is 5.91 Å². The van der Waals surface area contributed by atoms with E-state index in [2.05, 4.69) is 31.3 Å². The second kappa shape index (κ2) is 8.11. The molecule has 0 radical (unpaired) electrons. The van der Waals surface area contributed by atoms with Gasteiger partial charge in [-0.3, -0.25) is 9.59 Å². The molecule has 2 amide bonds. The van der Waals surface area contributed by atoms with Gasteiger partial charge in [-0.15, -0.1) is 0 Å². The molecule has 1 fully saturated rings. The first-order valence-electron chi connectivity index (χ1n) is 9.52. The van der Waals surface area contributed by atoms with Crippen LogP contribution in [0.3, 0.4) is 0 Å². The fourth-order valence-electron chi connectivity index (χ4n) is 3.38. The monoisotopic (exact) mass is 360 g/mol. The summed E-state index contributed by atoms with van der Waals surface area (Å²) in [4.78, 5) is 26.8. The highest BCUT2D eigenvalue weighted by Crippen LogP contribution is 2.31. The number of nitrogens with one attached hydrogen (secondary N) is 1. The number of ether oxygens (including phenoxy) is 1. The van der Waals surface area contributed by atoms with Gasteiger partial charge in [-0.25, -0.2) is 0 Å². The average Bonchev–Trinajstić information content (AvgIpc) is 3.03. The second-order valence-corrected chi connectivity index (χ2v) is 7.94. The Morgan fingerprint density at radius 2 is 2.04 bits per heavy atom. The zero-order valence-corrected chi connectivity index (χ0v) is 16.9. The van der Waals surface area contributed by atoms with E-state index in [4.69, 9.17) is 4.74 Å². The van der Waals surface area contributed by atoms with Gasteiger partial charge in [-0.1, -0.05) is 26.0 Å². The Hall–Kier alpha value is -2.04. The quantitative estimate of drug-likeness (QED) is 0.847. The number of hydrogen-bond acceptors (Lipinski definition) is 3. The van der Waals surface area contributed by atoms with Gasteiger partial charge in [-0.2, -0.15) is 0 Å². The third-order valence-electron chi connectivity index (χ3n) is 4.87. The first kappa shape index (κ1) is 20.3. The fourth-order valence-corrected chi connectivity index (χ4v) is 3.38. The van der Waals surface area contributed by atoms with Gasteiger partial charge in [0.05, 0.1) is 5.92 Å². The third kappa shape index (κ3) is 4.57. The number of carbonyl (C=O) groups is 2. The Morgan fingerprint density at radius 1 is 1.35 bits per heavy atom. The molecule has 0 bridgehead atoms. The fraction of sp³-hybridized carbons (Fsp3) is 0.619. The van der Waals surface area contributed by atoms with Gasteiger partial charge in [0.1, 0.15) is 5.75 Å². The first-order chi connectivity index (χ1) is 12.2. The van der Waals surface area contributed by atoms with Crippen molar-refractivity contribution in [3.63, 3.8) is 0 Å². The highest BCUT2D eigenvalue weighted by molar-refractivity contribution is 5.87. The van der Waals surface area contributed by atoms with Crippen molar-refractivity contribution in [1.82, 2.24) is 10.2 Å². The van der Waals surface area contributed by atoms with Gasteiger partial charge in [0, 0.05) is 19.6 Å². The Bertz CT molecular complexity index is 667. The smallest absolute Gasteiger partial charge is 0.266 e. The van der Waals surface area contributed by atoms with E-state index in [1.54, 1.807) is 18.7 Å². The van der Waals surface area contributed by atoms with Crippen LogP contribution in [0.25, 0.3) is 0 Å². The molecule has 0 aliphatic carbocycles. The minimum absolute atomic E-state index is 0.0299. The topological polar surface area (TPSA) is 58.6 Å². The van der Waals surface area contributed by atoms with Crippen molar-refractivity contribution in [3.05, 3.63) is 29.3 Å². The lowest BCUT2D eigenvalue weighted by molar-refractivity contribution is -0.144. The zero-order valence-electron chi connectivity index (χ0n) is 16.9. The summed E-state index contributed by atoms with van der Waals surface area (Å²) in [5.74, 6) is 0.908. The summed E-state index contributed by atoms with van der Waals surface area (Å²) >= 11 is 0. The Kier molecular flexibility index (Phi) is 6.32. The number of hydrogen-bond donors (Lipinski definition) is 1. The van der Waals surface area contributed by atoms with Crippen molar-refractivity contribution in [2.75, 3.05) is 19.6 Å². The third-order valence-corrected chi connectivity index (χ3v) is 4.87. The summed E-state index contributed by atoms with van der Waals surface area (Å²) in [6.45, 7) is 13.4. The van der Waals surface area contributed by atoms with E-state index < -0.39 is 5.60 Å². The zero-order chi connectivity index (χ0) is 19.5. The lowest BCUT2D eigenvalue weighted by Gasteiger charge is -2.31. The van der Waals surface area contributed by atoms with E-state index in [-0.39, 0.29) is 17.7 Å². The Labute approximate surface area is 157 Å². The molecule has 2 rings (SSSR count). The highest BCUT2D eigenvalue weighted by atomic mass is 16.5. The van der Waals surface area contributed by atoms with Crippen LogP contribution in [0.1, 0.15) is 58.1 Å². The lowest BCUT2D eigenvalue weighted by Crippen LogP contribution is -2.48. The van der Waals surface area contributed by atoms with Crippen molar-refractivity contribution in [3.8, 4) is 5.75 Å². The minimum atomic E-state index is -0.979. The molecule has 1 unspecified atom stereocenters. The number of carbonyl (C=O) groups excluding carboxylic acids is 2. The van der Waals surface area contributed by atoms with E-state index in [0.29, 0.717) is 32.0 Å². The van der Waals surface area contributed by atoms with Crippen LogP contribution >= 0.6 is 0 Å². The molecular weight excluding hydrogens is 328 g/mol. The number of nitrogens with zero attached hydrogens (tertiary/aromatic N) is 1. The van der Waals surface area contributed by atoms with Crippen LogP contribution in [0.4, 0.5) is 0 Å². The average molecular weight is 360 g/mol. The van der Waals surface area contributed by atoms with Crippen molar-refractivity contribution in [2.45, 2.75) is 59.5 Å². The molecule has 0 aromatic heterocycles.